The van der Waals surface area contributed by atoms with E-state index in [2.05, 4.69) is 26.6 Å². The predicted octanol–water partition coefficient (Wildman–Crippen LogP) is 5.18. The van der Waals surface area contributed by atoms with Crippen molar-refractivity contribution in [3.63, 3.8) is 0 Å². The lowest BCUT2D eigenvalue weighted by Crippen LogP contribution is -2.53. The van der Waals surface area contributed by atoms with E-state index in [0.29, 0.717) is 70.0 Å². The number of hydrogen-bond acceptors (Lipinski definition) is 8. The van der Waals surface area contributed by atoms with Crippen LogP contribution in [0.15, 0.2) is 49.1 Å². The van der Waals surface area contributed by atoms with Crippen LogP contribution in [0.4, 0.5) is 9.59 Å². The number of piperidine rings is 1. The molecule has 2 atom stereocenters. The largest absolute Gasteiger partial charge is 0.446 e. The maximum absolute atomic E-state index is 13.7. The van der Waals surface area contributed by atoms with Gasteiger partial charge in [0.2, 0.25) is 0 Å². The summed E-state index contributed by atoms with van der Waals surface area (Å²) in [6.45, 7) is 9.12. The molecule has 4 heterocycles. The summed E-state index contributed by atoms with van der Waals surface area (Å²) in [6.07, 6.45) is 9.41. The summed E-state index contributed by atoms with van der Waals surface area (Å²) >= 11 is 6.73. The lowest BCUT2D eigenvalue weighted by Gasteiger charge is -2.40. The number of benzene rings is 1. The first-order valence-electron chi connectivity index (χ1n) is 18.4. The molecule has 4 aliphatic rings. The van der Waals surface area contributed by atoms with E-state index >= 15 is 0 Å². The summed E-state index contributed by atoms with van der Waals surface area (Å²) in [5, 5.41) is 6.90. The topological polar surface area (TPSA) is 134 Å². The Labute approximate surface area is 315 Å². The third-order valence-corrected chi connectivity index (χ3v) is 11.0. The molecule has 2 aliphatic heterocycles. The highest BCUT2D eigenvalue weighted by molar-refractivity contribution is 6.30. The number of nitrogens with zero attached hydrogens (tertiary/aromatic N) is 6. The van der Waals surface area contributed by atoms with Crippen LogP contribution in [-0.2, 0) is 21.3 Å². The number of aryl methyl sites for hydroxylation is 1. The lowest BCUT2D eigenvalue weighted by atomic mass is 9.89. The van der Waals surface area contributed by atoms with E-state index in [4.69, 9.17) is 26.1 Å². The number of ether oxygens (including phenoxy) is 2. The zero-order valence-electron chi connectivity index (χ0n) is 31.1. The van der Waals surface area contributed by atoms with Gasteiger partial charge >= 0.3 is 12.1 Å². The number of amides is 4. The Bertz CT molecular complexity index is 1890. The lowest BCUT2D eigenvalue weighted by molar-refractivity contribution is -0.134. The molecule has 14 heteroatoms. The quantitative estimate of drug-likeness (QED) is 0.339. The van der Waals surface area contributed by atoms with Crippen LogP contribution in [-0.4, -0.2) is 111 Å². The third-order valence-electron chi connectivity index (χ3n) is 10.7. The molecule has 3 fully saturated rings. The van der Waals surface area contributed by atoms with Gasteiger partial charge in [-0.15, -0.1) is 0 Å². The Kier molecular flexibility index (Phi) is 10.3. The second-order valence-corrected chi connectivity index (χ2v) is 16.0. The standard InChI is InChI=1S/C39H49ClN8O5/c1-38(2,3)44-36(50)47-15-10-27(11-16-47)53-37(51)48-19-17-46(18-20-48)34-28-9-8-26(40)22-29(28)30(21-25-7-6-14-42-32(25)34)33(31-23-41-24-45(31)4)43-35(49)39(52-5)12-13-39/h6-9,14,21-24,27,33-34H,10-13,15-20H2,1-5H3,(H,43,49)(H,44,50)/t33-,34+/m1/s1. The number of fused-ring (bicyclic) bond motifs is 2. The highest BCUT2D eigenvalue weighted by Gasteiger charge is 2.51. The van der Waals surface area contributed by atoms with Crippen molar-refractivity contribution in [3.8, 4) is 0 Å². The van der Waals surface area contributed by atoms with Gasteiger partial charge in [0.05, 0.1) is 36.0 Å². The van der Waals surface area contributed by atoms with Crippen LogP contribution in [0.5, 0.6) is 0 Å². The molecule has 2 N–H and O–H groups in total. The fourth-order valence-corrected chi connectivity index (χ4v) is 7.78. The zero-order valence-corrected chi connectivity index (χ0v) is 31.9. The van der Waals surface area contributed by atoms with Crippen molar-refractivity contribution in [2.45, 2.75) is 75.8 Å². The van der Waals surface area contributed by atoms with Gasteiger partial charge in [0, 0.05) is 83.0 Å². The van der Waals surface area contributed by atoms with Crippen molar-refractivity contribution in [2.75, 3.05) is 46.4 Å². The molecule has 2 saturated heterocycles. The second-order valence-electron chi connectivity index (χ2n) is 15.5. The molecule has 2 aliphatic carbocycles. The highest BCUT2D eigenvalue weighted by atomic mass is 35.5. The first-order chi connectivity index (χ1) is 25.4. The average Bonchev–Trinajstić information content (AvgIpc) is 3.86. The number of likely N-dealkylation sites (tertiary alicyclic amines) is 1. The van der Waals surface area contributed by atoms with Gasteiger partial charge in [-0.25, -0.2) is 14.6 Å². The molecule has 0 unspecified atom stereocenters. The van der Waals surface area contributed by atoms with E-state index < -0.39 is 11.6 Å². The van der Waals surface area contributed by atoms with Crippen molar-refractivity contribution < 1.29 is 23.9 Å². The van der Waals surface area contributed by atoms with E-state index in [9.17, 15) is 14.4 Å². The van der Waals surface area contributed by atoms with E-state index in [1.165, 1.54) is 0 Å². The highest BCUT2D eigenvalue weighted by Crippen LogP contribution is 2.46. The molecule has 53 heavy (non-hydrogen) atoms. The Morgan fingerprint density at radius 3 is 2.40 bits per heavy atom. The molecule has 282 valence electrons. The molecule has 0 bridgehead atoms. The number of carbonyl (C=O) groups is 3. The summed E-state index contributed by atoms with van der Waals surface area (Å²) in [5.74, 6) is -0.164. The molecule has 13 nitrogen and oxygen atoms in total. The van der Waals surface area contributed by atoms with Crippen LogP contribution in [0.25, 0.3) is 11.6 Å². The number of methoxy groups -OCH3 is 1. The summed E-state index contributed by atoms with van der Waals surface area (Å²) < 4.78 is 13.5. The van der Waals surface area contributed by atoms with Crippen LogP contribution in [0.2, 0.25) is 5.02 Å². The molecular weight excluding hydrogens is 696 g/mol. The summed E-state index contributed by atoms with van der Waals surface area (Å²) in [6, 6.07) is 8.99. The maximum atomic E-state index is 13.7. The Hall–Kier alpha value is -4.46. The van der Waals surface area contributed by atoms with E-state index in [-0.39, 0.29) is 35.7 Å². The van der Waals surface area contributed by atoms with Gasteiger partial charge in [0.25, 0.3) is 5.91 Å². The van der Waals surface area contributed by atoms with Gasteiger partial charge in [-0.1, -0.05) is 23.7 Å². The zero-order chi connectivity index (χ0) is 37.5. The number of hydrogen-bond donors (Lipinski definition) is 2. The first kappa shape index (κ1) is 36.9. The van der Waals surface area contributed by atoms with Gasteiger partial charge < -0.3 is 34.5 Å². The van der Waals surface area contributed by atoms with E-state index in [1.54, 1.807) is 29.4 Å². The van der Waals surface area contributed by atoms with Crippen molar-refractivity contribution in [1.29, 1.82) is 0 Å². The van der Waals surface area contributed by atoms with Crippen LogP contribution in [0, 0.1) is 0 Å². The Morgan fingerprint density at radius 1 is 1.02 bits per heavy atom. The fourth-order valence-electron chi connectivity index (χ4n) is 7.61. The van der Waals surface area contributed by atoms with Crippen LogP contribution in [0.3, 0.4) is 0 Å². The van der Waals surface area contributed by atoms with Gasteiger partial charge in [-0.2, -0.15) is 0 Å². The molecule has 3 aromatic rings. The molecule has 0 radical (unpaired) electrons. The Morgan fingerprint density at radius 2 is 1.75 bits per heavy atom. The second kappa shape index (κ2) is 14.8. The maximum Gasteiger partial charge on any atom is 0.410 e. The van der Waals surface area contributed by atoms with Crippen molar-refractivity contribution >= 4 is 41.3 Å². The fraction of sp³-hybridized carbons (Fsp3) is 0.513. The minimum absolute atomic E-state index is 0.0888. The van der Waals surface area contributed by atoms with Crippen LogP contribution < -0.4 is 10.6 Å². The summed E-state index contributed by atoms with van der Waals surface area (Å²) in [5.41, 5.74) is 4.26. The molecule has 1 saturated carbocycles. The Balaban J connectivity index is 1.11. The number of imidazole rings is 1. The van der Waals surface area contributed by atoms with E-state index in [1.807, 2.05) is 68.9 Å². The normalized spacial score (nSPS) is 20.7. The van der Waals surface area contributed by atoms with Crippen LogP contribution in [0.1, 0.15) is 86.6 Å². The minimum atomic E-state index is -0.831. The van der Waals surface area contributed by atoms with Crippen LogP contribution >= 0.6 is 11.6 Å². The van der Waals surface area contributed by atoms with Crippen molar-refractivity contribution in [3.05, 3.63) is 82.2 Å². The number of rotatable bonds is 7. The number of pyridine rings is 1. The van der Waals surface area contributed by atoms with E-state index in [0.717, 1.165) is 33.7 Å². The molecule has 2 aromatic heterocycles. The first-order valence-corrected chi connectivity index (χ1v) is 18.8. The molecule has 7 rings (SSSR count). The van der Waals surface area contributed by atoms with Gasteiger partial charge in [-0.05, 0) is 80.2 Å². The molecule has 4 amide bonds. The SMILES string of the molecule is COC1(C(=O)N[C@H](C2=Cc3cccnc3[C@@H](N3CCN(C(=O)OC4CCN(C(=O)NC(C)(C)C)CC4)CC3)c3ccc(Cl)cc32)c2cncn2C)CC1. The van der Waals surface area contributed by atoms with Crippen molar-refractivity contribution in [1.82, 2.24) is 39.9 Å². The van der Waals surface area contributed by atoms with Gasteiger partial charge in [0.1, 0.15) is 11.7 Å². The molecule has 1 aromatic carbocycles. The summed E-state index contributed by atoms with van der Waals surface area (Å²) in [4.78, 5) is 55.0. The molecule has 0 spiro atoms. The number of carbonyl (C=O) groups excluding carboxylic acids is 3. The third kappa shape index (κ3) is 7.78. The van der Waals surface area contributed by atoms with Crippen molar-refractivity contribution in [2.24, 2.45) is 7.05 Å². The monoisotopic (exact) mass is 744 g/mol. The van der Waals surface area contributed by atoms with Gasteiger partial charge in [0.15, 0.2) is 0 Å². The summed E-state index contributed by atoms with van der Waals surface area (Å²) in [7, 11) is 3.50. The molecular formula is C39H49ClN8O5. The van der Waals surface area contributed by atoms with Gasteiger partial charge in [-0.3, -0.25) is 14.7 Å². The number of piperazine rings is 1. The smallest absolute Gasteiger partial charge is 0.410 e. The predicted molar refractivity (Wildman–Crippen MR) is 201 cm³/mol. The minimum Gasteiger partial charge on any atom is -0.446 e. The number of nitrogens with one attached hydrogen (secondary N) is 2. The average molecular weight is 745 g/mol. The number of aromatic nitrogens is 3. The number of halogens is 1. The number of urea groups is 1.